The van der Waals surface area contributed by atoms with Crippen molar-refractivity contribution in [3.05, 3.63) is 101 Å². The van der Waals surface area contributed by atoms with E-state index >= 15 is 0 Å². The zero-order valence-corrected chi connectivity index (χ0v) is 23.0. The molecule has 0 radical (unpaired) electrons. The van der Waals surface area contributed by atoms with Crippen LogP contribution in [-0.4, -0.2) is 24.6 Å². The summed E-state index contributed by atoms with van der Waals surface area (Å²) >= 11 is 4.71. The molecular formula is C28H23BrN2O5S. The molecular weight excluding hydrogens is 556 g/mol. The monoisotopic (exact) mass is 578 g/mol. The van der Waals surface area contributed by atoms with E-state index in [2.05, 4.69) is 20.9 Å². The molecule has 9 heteroatoms. The average molecular weight is 579 g/mol. The number of thiazole rings is 1. The standard InChI is InChI=1S/C28H23BrN2O5S/c1-15-25(16(2)32)26(22-12-11-20(36-22)18-6-8-19(29)9-7-18)31-27(33)24(37-28(31)30-15)14-17-5-10-21(34-3)23(13-17)35-4/h5-14,26H,1-4H3/b24-14+/t26-/m1/s1. The number of ketones is 1. The van der Waals surface area contributed by atoms with Gasteiger partial charge in [0.15, 0.2) is 22.1 Å². The van der Waals surface area contributed by atoms with E-state index in [1.54, 1.807) is 43.9 Å². The van der Waals surface area contributed by atoms with Crippen LogP contribution < -0.4 is 24.4 Å². The van der Waals surface area contributed by atoms with Gasteiger partial charge in [-0.2, -0.15) is 0 Å². The van der Waals surface area contributed by atoms with Gasteiger partial charge in [0.2, 0.25) is 0 Å². The zero-order valence-electron chi connectivity index (χ0n) is 20.6. The first kappa shape index (κ1) is 25.0. The number of aromatic nitrogens is 1. The van der Waals surface area contributed by atoms with Gasteiger partial charge in [-0.3, -0.25) is 14.2 Å². The minimum absolute atomic E-state index is 0.165. The van der Waals surface area contributed by atoms with Gasteiger partial charge in [0.25, 0.3) is 5.56 Å². The number of carbonyl (C=O) groups excluding carboxylic acids is 1. The number of rotatable bonds is 6. The largest absolute Gasteiger partial charge is 0.493 e. The smallest absolute Gasteiger partial charge is 0.271 e. The molecule has 4 aromatic rings. The van der Waals surface area contributed by atoms with Crippen LogP contribution in [0.2, 0.25) is 0 Å². The van der Waals surface area contributed by atoms with E-state index < -0.39 is 6.04 Å². The number of fused-ring (bicyclic) bond motifs is 1. The minimum Gasteiger partial charge on any atom is -0.493 e. The van der Waals surface area contributed by atoms with E-state index in [1.165, 1.54) is 18.3 Å². The van der Waals surface area contributed by atoms with E-state index in [0.717, 1.165) is 15.6 Å². The summed E-state index contributed by atoms with van der Waals surface area (Å²) in [6, 6.07) is 16.1. The lowest BCUT2D eigenvalue weighted by Crippen LogP contribution is -2.39. The molecule has 0 fully saturated rings. The molecule has 188 valence electrons. The molecule has 0 spiro atoms. The number of ether oxygens (including phenoxy) is 2. The topological polar surface area (TPSA) is 83.0 Å². The molecule has 0 saturated carbocycles. The summed E-state index contributed by atoms with van der Waals surface area (Å²) in [5.74, 6) is 2.14. The fraction of sp³-hybridized carbons (Fsp3) is 0.179. The van der Waals surface area contributed by atoms with Crippen LogP contribution in [0.5, 0.6) is 11.5 Å². The van der Waals surface area contributed by atoms with Crippen LogP contribution in [0.3, 0.4) is 0 Å². The summed E-state index contributed by atoms with van der Waals surface area (Å²) in [6.07, 6.45) is 1.78. The van der Waals surface area contributed by atoms with Crippen molar-refractivity contribution in [2.24, 2.45) is 4.99 Å². The van der Waals surface area contributed by atoms with Gasteiger partial charge < -0.3 is 13.9 Å². The Morgan fingerprint density at radius 2 is 1.81 bits per heavy atom. The van der Waals surface area contributed by atoms with E-state index in [-0.39, 0.29) is 11.3 Å². The molecule has 0 saturated heterocycles. The van der Waals surface area contributed by atoms with Crippen molar-refractivity contribution in [1.29, 1.82) is 0 Å². The van der Waals surface area contributed by atoms with Gasteiger partial charge in [-0.05, 0) is 61.9 Å². The van der Waals surface area contributed by atoms with Crippen LogP contribution in [0.4, 0.5) is 0 Å². The van der Waals surface area contributed by atoms with Crippen molar-refractivity contribution < 1.29 is 18.7 Å². The fourth-order valence-electron chi connectivity index (χ4n) is 4.40. The third kappa shape index (κ3) is 4.60. The normalized spacial score (nSPS) is 15.4. The van der Waals surface area contributed by atoms with E-state index in [4.69, 9.17) is 13.9 Å². The lowest BCUT2D eigenvalue weighted by atomic mass is 9.98. The molecule has 3 heterocycles. The maximum Gasteiger partial charge on any atom is 0.271 e. The number of carbonyl (C=O) groups is 1. The quantitative estimate of drug-likeness (QED) is 0.326. The number of allylic oxidation sites excluding steroid dienone is 2. The molecule has 37 heavy (non-hydrogen) atoms. The Morgan fingerprint density at radius 3 is 2.49 bits per heavy atom. The van der Waals surface area contributed by atoms with Crippen LogP contribution in [0.25, 0.3) is 17.4 Å². The average Bonchev–Trinajstić information content (AvgIpc) is 3.48. The molecule has 0 bridgehead atoms. The van der Waals surface area contributed by atoms with Crippen LogP contribution >= 0.6 is 27.3 Å². The molecule has 1 aliphatic rings. The van der Waals surface area contributed by atoms with Crippen molar-refractivity contribution >= 4 is 39.1 Å². The fourth-order valence-corrected chi connectivity index (χ4v) is 5.71. The number of nitrogens with zero attached hydrogens (tertiary/aromatic N) is 2. The first-order valence-electron chi connectivity index (χ1n) is 11.4. The van der Waals surface area contributed by atoms with Gasteiger partial charge >= 0.3 is 0 Å². The summed E-state index contributed by atoms with van der Waals surface area (Å²) in [5.41, 5.74) is 2.41. The molecule has 0 unspecified atom stereocenters. The summed E-state index contributed by atoms with van der Waals surface area (Å²) < 4.78 is 19.9. The Hall–Kier alpha value is -3.69. The molecule has 2 aromatic carbocycles. The minimum atomic E-state index is -0.717. The van der Waals surface area contributed by atoms with Gasteiger partial charge in [-0.15, -0.1) is 0 Å². The number of methoxy groups -OCH3 is 2. The number of Topliss-reactive ketones (excluding diaryl/α,β-unsaturated/α-hetero) is 1. The summed E-state index contributed by atoms with van der Waals surface area (Å²) in [6.45, 7) is 3.27. The van der Waals surface area contributed by atoms with Crippen LogP contribution in [-0.2, 0) is 4.79 Å². The maximum atomic E-state index is 13.7. The van der Waals surface area contributed by atoms with Crippen molar-refractivity contribution in [2.75, 3.05) is 14.2 Å². The second-order valence-corrected chi connectivity index (χ2v) is 10.4. The van der Waals surface area contributed by atoms with Gasteiger partial charge in [0, 0.05) is 21.3 Å². The highest BCUT2D eigenvalue weighted by atomic mass is 79.9. The SMILES string of the molecule is COc1ccc(/C=c2/sc3n(c2=O)[C@H](c2ccc(-c4ccc(Br)cc4)o2)C(C(C)=O)=C(C)N=3)cc1OC. The summed E-state index contributed by atoms with van der Waals surface area (Å²) in [7, 11) is 3.13. The third-order valence-electron chi connectivity index (χ3n) is 6.13. The molecule has 1 atom stereocenters. The second-order valence-electron chi connectivity index (χ2n) is 8.46. The highest BCUT2D eigenvalue weighted by molar-refractivity contribution is 9.10. The van der Waals surface area contributed by atoms with Gasteiger partial charge in [0.05, 0.1) is 18.8 Å². The van der Waals surface area contributed by atoms with Crippen LogP contribution in [0.1, 0.15) is 31.2 Å². The molecule has 0 aliphatic carbocycles. The highest BCUT2D eigenvalue weighted by Crippen LogP contribution is 2.34. The number of hydrogen-bond acceptors (Lipinski definition) is 7. The van der Waals surface area contributed by atoms with E-state index in [0.29, 0.717) is 43.6 Å². The summed E-state index contributed by atoms with van der Waals surface area (Å²) in [4.78, 5) is 31.6. The lowest BCUT2D eigenvalue weighted by Gasteiger charge is -2.22. The van der Waals surface area contributed by atoms with Crippen molar-refractivity contribution in [2.45, 2.75) is 19.9 Å². The number of benzene rings is 2. The molecule has 2 aromatic heterocycles. The van der Waals surface area contributed by atoms with E-state index in [9.17, 15) is 9.59 Å². The Balaban J connectivity index is 1.66. The number of halogens is 1. The Kier molecular flexibility index (Phi) is 6.74. The highest BCUT2D eigenvalue weighted by Gasteiger charge is 2.33. The maximum absolute atomic E-state index is 13.7. The Labute approximate surface area is 225 Å². The predicted molar refractivity (Wildman–Crippen MR) is 146 cm³/mol. The van der Waals surface area contributed by atoms with Gasteiger partial charge in [-0.25, -0.2) is 4.99 Å². The first-order valence-corrected chi connectivity index (χ1v) is 13.0. The van der Waals surface area contributed by atoms with E-state index in [1.807, 2.05) is 42.5 Å². The van der Waals surface area contributed by atoms with Gasteiger partial charge in [0.1, 0.15) is 17.6 Å². The lowest BCUT2D eigenvalue weighted by molar-refractivity contribution is -0.114. The zero-order chi connectivity index (χ0) is 26.3. The van der Waals surface area contributed by atoms with Crippen molar-refractivity contribution in [3.63, 3.8) is 0 Å². The first-order chi connectivity index (χ1) is 17.8. The van der Waals surface area contributed by atoms with Crippen molar-refractivity contribution in [3.8, 4) is 22.8 Å². The molecule has 0 amide bonds. The molecule has 5 rings (SSSR count). The van der Waals surface area contributed by atoms with Crippen LogP contribution in [0, 0.1) is 0 Å². The number of hydrogen-bond donors (Lipinski definition) is 0. The third-order valence-corrected chi connectivity index (χ3v) is 7.64. The Morgan fingerprint density at radius 1 is 1.08 bits per heavy atom. The Bertz CT molecular complexity index is 1730. The molecule has 0 N–H and O–H groups in total. The predicted octanol–water partition coefficient (Wildman–Crippen LogP) is 4.86. The van der Waals surface area contributed by atoms with Gasteiger partial charge in [-0.1, -0.05) is 45.5 Å². The molecule has 7 nitrogen and oxygen atoms in total. The second kappa shape index (κ2) is 9.99. The van der Waals surface area contributed by atoms with Crippen LogP contribution in [0.15, 0.2) is 84.5 Å². The number of furan rings is 1. The molecule has 1 aliphatic heterocycles. The van der Waals surface area contributed by atoms with Crippen molar-refractivity contribution in [1.82, 2.24) is 4.57 Å². The summed E-state index contributed by atoms with van der Waals surface area (Å²) in [5, 5.41) is 0.